The van der Waals surface area contributed by atoms with E-state index in [1.54, 1.807) is 19.1 Å². The van der Waals surface area contributed by atoms with E-state index in [1.165, 1.54) is 17.8 Å². The van der Waals surface area contributed by atoms with Gasteiger partial charge in [0.2, 0.25) is 0 Å². The van der Waals surface area contributed by atoms with Crippen LogP contribution in [0.2, 0.25) is 0 Å². The van der Waals surface area contributed by atoms with Crippen LogP contribution in [0, 0.1) is 16.0 Å². The van der Waals surface area contributed by atoms with E-state index < -0.39 is 6.10 Å². The van der Waals surface area contributed by atoms with Crippen LogP contribution in [0.4, 0.5) is 5.69 Å². The van der Waals surface area contributed by atoms with Gasteiger partial charge in [-0.2, -0.15) is 0 Å². The molecule has 0 aliphatic carbocycles. The van der Waals surface area contributed by atoms with Crippen molar-refractivity contribution in [2.24, 2.45) is 5.92 Å². The highest BCUT2D eigenvalue weighted by atomic mass is 32.2. The minimum atomic E-state index is -0.682. The Kier molecular flexibility index (Phi) is 5.62. The molecule has 0 aromatic heterocycles. The minimum Gasteiger partial charge on any atom is -0.389 e. The molecule has 1 aromatic carbocycles. The van der Waals surface area contributed by atoms with Crippen LogP contribution in [-0.2, 0) is 0 Å². The predicted molar refractivity (Wildman–Crippen MR) is 73.9 cm³/mol. The number of thioether (sulfide) groups is 1. The highest BCUT2D eigenvalue weighted by molar-refractivity contribution is 7.99. The highest BCUT2D eigenvalue weighted by Crippen LogP contribution is 2.32. The maximum Gasteiger partial charge on any atom is 0.283 e. The quantitative estimate of drug-likeness (QED) is 0.485. The summed E-state index contributed by atoms with van der Waals surface area (Å²) in [6.07, 6.45) is 0.346. The van der Waals surface area contributed by atoms with Crippen LogP contribution in [0.5, 0.6) is 0 Å². The SMILES string of the molecule is CC(C)CCSc1ccc(C(C)O)cc1[N+](=O)[O-]. The lowest BCUT2D eigenvalue weighted by Crippen LogP contribution is -1.97. The van der Waals surface area contributed by atoms with E-state index in [9.17, 15) is 15.2 Å². The molecule has 18 heavy (non-hydrogen) atoms. The zero-order valence-corrected chi connectivity index (χ0v) is 11.7. The Hall–Kier alpha value is -1.07. The molecule has 1 atom stereocenters. The van der Waals surface area contributed by atoms with E-state index >= 15 is 0 Å². The third-order valence-electron chi connectivity index (χ3n) is 2.61. The first-order valence-corrected chi connectivity index (χ1v) is 6.99. The molecule has 1 unspecified atom stereocenters. The summed E-state index contributed by atoms with van der Waals surface area (Å²) >= 11 is 1.50. The second-order valence-corrected chi connectivity index (χ2v) is 5.83. The van der Waals surface area contributed by atoms with Crippen molar-refractivity contribution in [3.8, 4) is 0 Å². The second kappa shape index (κ2) is 6.75. The lowest BCUT2D eigenvalue weighted by Gasteiger charge is -2.08. The zero-order valence-electron chi connectivity index (χ0n) is 10.9. The van der Waals surface area contributed by atoms with Gasteiger partial charge < -0.3 is 5.11 Å². The largest absolute Gasteiger partial charge is 0.389 e. The molecule has 0 radical (unpaired) electrons. The fourth-order valence-corrected chi connectivity index (χ4v) is 2.72. The highest BCUT2D eigenvalue weighted by Gasteiger charge is 2.16. The van der Waals surface area contributed by atoms with Gasteiger partial charge in [-0.1, -0.05) is 19.9 Å². The first kappa shape index (κ1) is 15.0. The van der Waals surface area contributed by atoms with Gasteiger partial charge in [0.1, 0.15) is 0 Å². The van der Waals surface area contributed by atoms with Crippen LogP contribution >= 0.6 is 11.8 Å². The summed E-state index contributed by atoms with van der Waals surface area (Å²) < 4.78 is 0. The summed E-state index contributed by atoms with van der Waals surface area (Å²) in [6, 6.07) is 4.93. The molecular weight excluding hydrogens is 250 g/mol. The van der Waals surface area contributed by atoms with Crippen molar-refractivity contribution < 1.29 is 10.0 Å². The summed E-state index contributed by atoms with van der Waals surface area (Å²) in [5.41, 5.74) is 0.664. The van der Waals surface area contributed by atoms with Crippen molar-refractivity contribution in [1.29, 1.82) is 0 Å². The standard InChI is InChI=1S/C13H19NO3S/c1-9(2)6-7-18-13-5-4-11(10(3)15)8-12(13)14(16)17/h4-5,8-10,15H,6-7H2,1-3H3. The number of benzene rings is 1. The van der Waals surface area contributed by atoms with Crippen molar-refractivity contribution in [3.05, 3.63) is 33.9 Å². The topological polar surface area (TPSA) is 63.4 Å². The summed E-state index contributed by atoms with van der Waals surface area (Å²) in [6.45, 7) is 5.86. The maximum atomic E-state index is 11.0. The van der Waals surface area contributed by atoms with Crippen LogP contribution in [0.15, 0.2) is 23.1 Å². The fourth-order valence-electron chi connectivity index (χ4n) is 1.46. The first-order valence-electron chi connectivity index (χ1n) is 6.01. The molecule has 0 bridgehead atoms. The Morgan fingerprint density at radius 1 is 1.39 bits per heavy atom. The van der Waals surface area contributed by atoms with E-state index in [2.05, 4.69) is 13.8 Å². The summed E-state index contributed by atoms with van der Waals surface area (Å²) in [5, 5.41) is 20.4. The number of rotatable bonds is 6. The molecule has 1 aromatic rings. The normalized spacial score (nSPS) is 12.7. The minimum absolute atomic E-state index is 0.0853. The van der Waals surface area contributed by atoms with Crippen LogP contribution in [0.3, 0.4) is 0 Å². The number of nitrogens with zero attached hydrogens (tertiary/aromatic N) is 1. The van der Waals surface area contributed by atoms with Crippen molar-refractivity contribution in [2.75, 3.05) is 5.75 Å². The Labute approximate surface area is 112 Å². The maximum absolute atomic E-state index is 11.0. The zero-order chi connectivity index (χ0) is 13.7. The number of aliphatic hydroxyl groups is 1. The van der Waals surface area contributed by atoms with Crippen LogP contribution in [0.1, 0.15) is 38.9 Å². The number of nitro groups is 1. The molecule has 0 amide bonds. The molecule has 1 N–H and O–H groups in total. The number of hydrogen-bond donors (Lipinski definition) is 1. The van der Waals surface area contributed by atoms with E-state index in [0.717, 1.165) is 12.2 Å². The third kappa shape index (κ3) is 4.31. The van der Waals surface area contributed by atoms with Gasteiger partial charge in [0, 0.05) is 6.07 Å². The molecule has 100 valence electrons. The Morgan fingerprint density at radius 2 is 2.06 bits per heavy atom. The van der Waals surface area contributed by atoms with Crippen molar-refractivity contribution >= 4 is 17.4 Å². The van der Waals surface area contributed by atoms with Gasteiger partial charge in [0.25, 0.3) is 5.69 Å². The molecule has 4 nitrogen and oxygen atoms in total. The van der Waals surface area contributed by atoms with Crippen LogP contribution < -0.4 is 0 Å². The number of hydrogen-bond acceptors (Lipinski definition) is 4. The monoisotopic (exact) mass is 269 g/mol. The molecule has 0 heterocycles. The van der Waals surface area contributed by atoms with Gasteiger partial charge in [0.15, 0.2) is 0 Å². The third-order valence-corrected chi connectivity index (χ3v) is 3.71. The van der Waals surface area contributed by atoms with Crippen molar-refractivity contribution in [3.63, 3.8) is 0 Å². The number of aliphatic hydroxyl groups excluding tert-OH is 1. The molecule has 0 saturated carbocycles. The predicted octanol–water partition coefficient (Wildman–Crippen LogP) is 3.79. The average molecular weight is 269 g/mol. The molecule has 5 heteroatoms. The van der Waals surface area contributed by atoms with E-state index in [-0.39, 0.29) is 10.6 Å². The Morgan fingerprint density at radius 3 is 2.56 bits per heavy atom. The van der Waals surface area contributed by atoms with Gasteiger partial charge in [-0.15, -0.1) is 11.8 Å². The summed E-state index contributed by atoms with van der Waals surface area (Å²) in [5.74, 6) is 1.46. The van der Waals surface area contributed by atoms with E-state index in [0.29, 0.717) is 16.4 Å². The molecule has 0 fully saturated rings. The molecule has 0 saturated heterocycles. The molecule has 0 aliphatic rings. The smallest absolute Gasteiger partial charge is 0.283 e. The summed E-state index contributed by atoms with van der Waals surface area (Å²) in [4.78, 5) is 11.3. The molecule has 0 spiro atoms. The first-order chi connectivity index (χ1) is 8.41. The molecule has 0 aliphatic heterocycles. The Bertz CT molecular complexity index is 419. The Balaban J connectivity index is 2.87. The van der Waals surface area contributed by atoms with Crippen molar-refractivity contribution in [1.82, 2.24) is 0 Å². The van der Waals surface area contributed by atoms with Crippen LogP contribution in [0.25, 0.3) is 0 Å². The average Bonchev–Trinajstić information content (AvgIpc) is 2.28. The van der Waals surface area contributed by atoms with Gasteiger partial charge in [0.05, 0.1) is 15.9 Å². The van der Waals surface area contributed by atoms with Gasteiger partial charge in [-0.3, -0.25) is 10.1 Å². The lowest BCUT2D eigenvalue weighted by atomic mass is 10.1. The molecular formula is C13H19NO3S. The van der Waals surface area contributed by atoms with E-state index in [4.69, 9.17) is 0 Å². The lowest BCUT2D eigenvalue weighted by molar-refractivity contribution is -0.387. The number of nitro benzene ring substituents is 1. The van der Waals surface area contributed by atoms with E-state index in [1.807, 2.05) is 0 Å². The fraction of sp³-hybridized carbons (Fsp3) is 0.538. The van der Waals surface area contributed by atoms with Gasteiger partial charge in [-0.25, -0.2) is 0 Å². The van der Waals surface area contributed by atoms with Crippen LogP contribution in [-0.4, -0.2) is 15.8 Å². The second-order valence-electron chi connectivity index (χ2n) is 4.69. The van der Waals surface area contributed by atoms with Crippen molar-refractivity contribution in [2.45, 2.75) is 38.2 Å². The van der Waals surface area contributed by atoms with Gasteiger partial charge in [-0.05, 0) is 36.6 Å². The summed E-state index contributed by atoms with van der Waals surface area (Å²) in [7, 11) is 0. The molecule has 1 rings (SSSR count). The van der Waals surface area contributed by atoms with Gasteiger partial charge >= 0.3 is 0 Å².